The molecule has 7 nitrogen and oxygen atoms in total. The van der Waals surface area contributed by atoms with E-state index in [1.165, 1.54) is 21.7 Å². The molecule has 0 unspecified atom stereocenters. The van der Waals surface area contributed by atoms with Gasteiger partial charge in [0, 0.05) is 24.7 Å². The Morgan fingerprint density at radius 1 is 1.16 bits per heavy atom. The largest absolute Gasteiger partial charge is 0.320 e. The average molecular weight is 477 g/mol. The maximum atomic E-state index is 13.1. The van der Waals surface area contributed by atoms with Crippen molar-refractivity contribution >= 4 is 44.6 Å². The van der Waals surface area contributed by atoms with Crippen LogP contribution in [-0.2, 0) is 10.0 Å². The number of nitrogens with one attached hydrogen (secondary N) is 1. The summed E-state index contributed by atoms with van der Waals surface area (Å²) in [7, 11) is -3.71. The lowest BCUT2D eigenvalue weighted by Crippen LogP contribution is -2.39. The molecule has 1 atom stereocenters. The molecule has 31 heavy (non-hydrogen) atoms. The van der Waals surface area contributed by atoms with Crippen LogP contribution in [0.25, 0.3) is 0 Å². The molecule has 162 valence electrons. The number of amides is 1. The molecule has 1 aromatic heterocycles. The van der Waals surface area contributed by atoms with Crippen LogP contribution in [0.1, 0.15) is 39.1 Å². The number of sulfonamides is 1. The number of piperidine rings is 1. The van der Waals surface area contributed by atoms with Gasteiger partial charge in [0.25, 0.3) is 5.91 Å². The molecule has 1 amide bonds. The lowest BCUT2D eigenvalue weighted by atomic mass is 10.0. The Morgan fingerprint density at radius 3 is 2.65 bits per heavy atom. The van der Waals surface area contributed by atoms with Crippen LogP contribution in [0.15, 0.2) is 53.4 Å². The van der Waals surface area contributed by atoms with E-state index in [2.05, 4.69) is 15.5 Å². The van der Waals surface area contributed by atoms with Gasteiger partial charge in [-0.3, -0.25) is 4.79 Å². The minimum atomic E-state index is -3.71. The molecule has 2 heterocycles. The summed E-state index contributed by atoms with van der Waals surface area (Å²) in [5, 5.41) is 12.1. The number of rotatable bonds is 5. The van der Waals surface area contributed by atoms with Crippen LogP contribution in [-0.4, -0.2) is 41.9 Å². The van der Waals surface area contributed by atoms with E-state index in [0.29, 0.717) is 23.7 Å². The van der Waals surface area contributed by atoms with E-state index in [-0.39, 0.29) is 33.3 Å². The zero-order valence-corrected chi connectivity index (χ0v) is 19.2. The fourth-order valence-corrected chi connectivity index (χ4v) is 6.35. The molecule has 1 aliphatic rings. The molecule has 2 aromatic carbocycles. The van der Waals surface area contributed by atoms with E-state index in [0.717, 1.165) is 12.0 Å². The molecule has 0 bridgehead atoms. The van der Waals surface area contributed by atoms with Gasteiger partial charge < -0.3 is 5.32 Å². The van der Waals surface area contributed by atoms with E-state index < -0.39 is 10.0 Å². The number of hydrogen-bond donors (Lipinski definition) is 1. The number of aromatic nitrogens is 2. The van der Waals surface area contributed by atoms with Gasteiger partial charge in [0.1, 0.15) is 9.90 Å². The predicted molar refractivity (Wildman–Crippen MR) is 121 cm³/mol. The lowest BCUT2D eigenvalue weighted by Gasteiger charge is -2.30. The Balaban J connectivity index is 1.48. The second kappa shape index (κ2) is 9.04. The van der Waals surface area contributed by atoms with E-state index in [1.54, 1.807) is 18.2 Å². The van der Waals surface area contributed by atoms with Gasteiger partial charge in [-0.05, 0) is 44.0 Å². The number of benzene rings is 2. The van der Waals surface area contributed by atoms with Gasteiger partial charge >= 0.3 is 0 Å². The second-order valence-electron chi connectivity index (χ2n) is 7.40. The van der Waals surface area contributed by atoms with Gasteiger partial charge in [0.05, 0.1) is 5.02 Å². The number of anilines is 1. The first-order valence-corrected chi connectivity index (χ1v) is 12.4. The molecule has 0 spiro atoms. The Labute approximate surface area is 190 Å². The smallest absolute Gasteiger partial charge is 0.286 e. The average Bonchev–Trinajstić information content (AvgIpc) is 3.26. The zero-order valence-electron chi connectivity index (χ0n) is 16.8. The fourth-order valence-electron chi connectivity index (χ4n) is 3.47. The van der Waals surface area contributed by atoms with Crippen molar-refractivity contribution in [1.82, 2.24) is 14.5 Å². The van der Waals surface area contributed by atoms with Crippen LogP contribution >= 0.6 is 22.9 Å². The van der Waals surface area contributed by atoms with Crippen molar-refractivity contribution in [2.45, 2.75) is 30.6 Å². The third kappa shape index (κ3) is 4.79. The Bertz CT molecular complexity index is 1200. The SMILES string of the molecule is Cc1ccc(NC(=O)c2nnc([C@H]3CCCN(S(=O)(=O)c4ccccc4Cl)C3)s2)cc1. The Hall–Kier alpha value is -2.33. The van der Waals surface area contributed by atoms with Gasteiger partial charge in [-0.1, -0.05) is 52.8 Å². The second-order valence-corrected chi connectivity index (χ2v) is 10.7. The molecule has 1 fully saturated rings. The van der Waals surface area contributed by atoms with Gasteiger partial charge in [-0.2, -0.15) is 4.31 Å². The van der Waals surface area contributed by atoms with Crippen molar-refractivity contribution in [3.05, 3.63) is 69.1 Å². The molecule has 0 radical (unpaired) electrons. The summed E-state index contributed by atoms with van der Waals surface area (Å²) in [6.45, 7) is 2.67. The molecule has 0 saturated carbocycles. The summed E-state index contributed by atoms with van der Waals surface area (Å²) in [6.07, 6.45) is 1.47. The number of nitrogens with zero attached hydrogens (tertiary/aromatic N) is 3. The topological polar surface area (TPSA) is 92.3 Å². The van der Waals surface area contributed by atoms with Crippen LogP contribution < -0.4 is 5.32 Å². The number of halogens is 1. The molecule has 4 rings (SSSR count). The quantitative estimate of drug-likeness (QED) is 0.592. The van der Waals surface area contributed by atoms with Crippen molar-refractivity contribution in [2.24, 2.45) is 0 Å². The first kappa shape index (κ1) is 21.9. The summed E-state index contributed by atoms with van der Waals surface area (Å²) < 4.78 is 27.6. The molecular weight excluding hydrogens is 456 g/mol. The summed E-state index contributed by atoms with van der Waals surface area (Å²) in [6, 6.07) is 13.9. The van der Waals surface area contributed by atoms with Crippen molar-refractivity contribution in [1.29, 1.82) is 0 Å². The lowest BCUT2D eigenvalue weighted by molar-refractivity contribution is 0.102. The minimum Gasteiger partial charge on any atom is -0.320 e. The molecule has 3 aromatic rings. The minimum absolute atomic E-state index is 0.104. The van der Waals surface area contributed by atoms with Crippen molar-refractivity contribution in [2.75, 3.05) is 18.4 Å². The van der Waals surface area contributed by atoms with Gasteiger partial charge in [-0.25, -0.2) is 8.42 Å². The highest BCUT2D eigenvalue weighted by atomic mass is 35.5. The molecule has 1 N–H and O–H groups in total. The van der Waals surface area contributed by atoms with Crippen molar-refractivity contribution < 1.29 is 13.2 Å². The summed E-state index contributed by atoms with van der Waals surface area (Å²) in [4.78, 5) is 12.6. The standard InChI is InChI=1S/C21H21ClN4O3S2/c1-14-8-10-16(11-9-14)23-19(27)21-25-24-20(30-21)15-5-4-12-26(13-15)31(28,29)18-7-3-2-6-17(18)22/h2-3,6-11,15H,4-5,12-13H2,1H3,(H,23,27)/t15-/m0/s1. The maximum Gasteiger partial charge on any atom is 0.286 e. The first-order chi connectivity index (χ1) is 14.8. The Morgan fingerprint density at radius 2 is 1.90 bits per heavy atom. The third-order valence-electron chi connectivity index (χ3n) is 5.13. The highest BCUT2D eigenvalue weighted by Gasteiger charge is 2.33. The number of hydrogen-bond acceptors (Lipinski definition) is 6. The van der Waals surface area contributed by atoms with E-state index in [9.17, 15) is 13.2 Å². The number of aryl methyl sites for hydroxylation is 1. The first-order valence-electron chi connectivity index (χ1n) is 9.80. The molecular formula is C21H21ClN4O3S2. The van der Waals surface area contributed by atoms with Gasteiger partial charge in [0.2, 0.25) is 15.0 Å². The highest BCUT2D eigenvalue weighted by molar-refractivity contribution is 7.89. The van der Waals surface area contributed by atoms with Crippen LogP contribution in [0, 0.1) is 6.92 Å². The van der Waals surface area contributed by atoms with Crippen LogP contribution in [0.4, 0.5) is 5.69 Å². The molecule has 10 heteroatoms. The van der Waals surface area contributed by atoms with Crippen molar-refractivity contribution in [3.63, 3.8) is 0 Å². The van der Waals surface area contributed by atoms with Crippen LogP contribution in [0.2, 0.25) is 5.02 Å². The molecule has 1 saturated heterocycles. The maximum absolute atomic E-state index is 13.1. The summed E-state index contributed by atoms with van der Waals surface area (Å²) in [5.41, 5.74) is 1.78. The van der Waals surface area contributed by atoms with E-state index in [4.69, 9.17) is 11.6 Å². The van der Waals surface area contributed by atoms with Gasteiger partial charge in [0.15, 0.2) is 0 Å². The van der Waals surface area contributed by atoms with Gasteiger partial charge in [-0.15, -0.1) is 10.2 Å². The predicted octanol–water partition coefficient (Wildman–Crippen LogP) is 4.32. The monoisotopic (exact) mass is 476 g/mol. The highest BCUT2D eigenvalue weighted by Crippen LogP contribution is 2.33. The van der Waals surface area contributed by atoms with Crippen LogP contribution in [0.5, 0.6) is 0 Å². The summed E-state index contributed by atoms with van der Waals surface area (Å²) >= 11 is 7.32. The molecule has 0 aliphatic carbocycles. The Kier molecular flexibility index (Phi) is 6.38. The van der Waals surface area contributed by atoms with E-state index in [1.807, 2.05) is 31.2 Å². The third-order valence-corrected chi connectivity index (χ3v) is 8.58. The van der Waals surface area contributed by atoms with Crippen LogP contribution in [0.3, 0.4) is 0 Å². The number of carbonyl (C=O) groups is 1. The van der Waals surface area contributed by atoms with Crippen molar-refractivity contribution in [3.8, 4) is 0 Å². The normalized spacial score (nSPS) is 17.4. The summed E-state index contributed by atoms with van der Waals surface area (Å²) in [5.74, 6) is -0.451. The molecule has 1 aliphatic heterocycles. The number of carbonyl (C=O) groups excluding carboxylic acids is 1. The van der Waals surface area contributed by atoms with E-state index >= 15 is 0 Å². The fraction of sp³-hybridized carbons (Fsp3) is 0.286. The zero-order chi connectivity index (χ0) is 22.0.